The molecule has 2 heterocycles. The standard InChI is InChI=1S/C22H22ClFN4O3.C21H23ClFN3O3/c23-16-3-6-19(18(11-16)27-21(26)30)31-13-20(29)28-9-7-22(14-25,8-10-28)12-15-1-4-17(24)5-2-15;22-16-3-6-19(18(12-16)25-21(24)28)29-13-20(27)26-9-7-15(8-10-26)11-14-1-4-17(23)5-2-14/h1-6,11H,7-10,12-13H2,(H3,26,27,30);1-6,12,15H,7-11,13H2,(H3,24,25,28). The van der Waals surface area contributed by atoms with Crippen LogP contribution < -0.4 is 31.6 Å². The topological polar surface area (TPSA) is 193 Å². The van der Waals surface area contributed by atoms with Crippen molar-refractivity contribution in [3.05, 3.63) is 118 Å². The maximum Gasteiger partial charge on any atom is 0.316 e. The molecule has 6 amide bonds. The molecule has 0 aliphatic carbocycles. The summed E-state index contributed by atoms with van der Waals surface area (Å²) in [5.74, 6) is 0.171. The van der Waals surface area contributed by atoms with Gasteiger partial charge in [0.25, 0.3) is 11.8 Å². The molecule has 0 bridgehead atoms. The zero-order valence-electron chi connectivity index (χ0n) is 32.6. The summed E-state index contributed by atoms with van der Waals surface area (Å²) in [7, 11) is 0. The largest absolute Gasteiger partial charge is 0.482 e. The SMILES string of the molecule is N#CC1(Cc2ccc(F)cc2)CCN(C(=O)COc2ccc(Cl)cc2NC(N)=O)CC1.NC(=O)Nc1cc(Cl)ccc1OCC(=O)N1CCC(Cc2ccc(F)cc2)CC1. The van der Waals surface area contributed by atoms with Crippen molar-refractivity contribution in [2.75, 3.05) is 50.0 Å². The number of primary amides is 2. The fraction of sp³-hybridized carbons (Fsp3) is 0.326. The van der Waals surface area contributed by atoms with Gasteiger partial charge in [-0.05, 0) is 116 Å². The number of urea groups is 2. The highest BCUT2D eigenvalue weighted by Crippen LogP contribution is 2.35. The van der Waals surface area contributed by atoms with E-state index < -0.39 is 17.5 Å². The molecule has 0 aromatic heterocycles. The molecule has 316 valence electrons. The molecule has 0 spiro atoms. The number of nitrogens with one attached hydrogen (secondary N) is 2. The Morgan fingerprint density at radius 3 is 1.57 bits per heavy atom. The third-order valence-electron chi connectivity index (χ3n) is 10.3. The van der Waals surface area contributed by atoms with Crippen molar-refractivity contribution < 1.29 is 37.4 Å². The van der Waals surface area contributed by atoms with Crippen LogP contribution >= 0.6 is 23.2 Å². The third-order valence-corrected chi connectivity index (χ3v) is 10.7. The third kappa shape index (κ3) is 13.5. The van der Waals surface area contributed by atoms with E-state index in [2.05, 4.69) is 16.7 Å². The van der Waals surface area contributed by atoms with E-state index in [1.54, 1.807) is 46.2 Å². The van der Waals surface area contributed by atoms with E-state index in [-0.39, 0.29) is 48.1 Å². The van der Waals surface area contributed by atoms with E-state index in [9.17, 15) is 33.2 Å². The first kappa shape index (κ1) is 45.0. The molecule has 2 fully saturated rings. The summed E-state index contributed by atoms with van der Waals surface area (Å²) in [5.41, 5.74) is 12.3. The number of benzene rings is 4. The van der Waals surface area contributed by atoms with Gasteiger partial charge in [-0.2, -0.15) is 5.26 Å². The average molecular weight is 865 g/mol. The second kappa shape index (κ2) is 21.2. The van der Waals surface area contributed by atoms with Crippen LogP contribution in [0.5, 0.6) is 11.5 Å². The van der Waals surface area contributed by atoms with Crippen molar-refractivity contribution in [1.82, 2.24) is 9.80 Å². The second-order valence-electron chi connectivity index (χ2n) is 14.6. The van der Waals surface area contributed by atoms with Crippen LogP contribution in [0.4, 0.5) is 29.7 Å². The Morgan fingerprint density at radius 2 is 1.13 bits per heavy atom. The molecule has 17 heteroatoms. The van der Waals surface area contributed by atoms with Crippen molar-refractivity contribution in [1.29, 1.82) is 5.26 Å². The van der Waals surface area contributed by atoms with Crippen molar-refractivity contribution in [2.45, 2.75) is 38.5 Å². The molecule has 4 aromatic rings. The molecule has 6 rings (SSSR count). The fourth-order valence-electron chi connectivity index (χ4n) is 7.02. The first-order valence-corrected chi connectivity index (χ1v) is 19.9. The monoisotopic (exact) mass is 863 g/mol. The molecule has 60 heavy (non-hydrogen) atoms. The predicted molar refractivity (Wildman–Crippen MR) is 224 cm³/mol. The van der Waals surface area contributed by atoms with Gasteiger partial charge in [0.1, 0.15) is 23.1 Å². The molecule has 0 unspecified atom stereocenters. The first-order chi connectivity index (χ1) is 28.7. The lowest BCUT2D eigenvalue weighted by Gasteiger charge is -2.37. The van der Waals surface area contributed by atoms with Gasteiger partial charge in [0, 0.05) is 36.2 Å². The van der Waals surface area contributed by atoms with E-state index in [1.807, 2.05) is 12.1 Å². The molecular weight excluding hydrogens is 819 g/mol. The van der Waals surface area contributed by atoms with E-state index in [4.69, 9.17) is 44.1 Å². The number of rotatable bonds is 12. The molecule has 0 atom stereocenters. The highest BCUT2D eigenvalue weighted by atomic mass is 35.5. The number of carbonyl (C=O) groups is 4. The molecular formula is C43H45Cl2F2N7O6. The second-order valence-corrected chi connectivity index (χ2v) is 15.4. The fourth-order valence-corrected chi connectivity index (χ4v) is 7.37. The van der Waals surface area contributed by atoms with Crippen molar-refractivity contribution in [3.63, 3.8) is 0 Å². The van der Waals surface area contributed by atoms with Crippen molar-refractivity contribution in [3.8, 4) is 17.6 Å². The van der Waals surface area contributed by atoms with Gasteiger partial charge in [-0.25, -0.2) is 18.4 Å². The van der Waals surface area contributed by atoms with Crippen molar-refractivity contribution in [2.24, 2.45) is 22.8 Å². The van der Waals surface area contributed by atoms with Crippen LogP contribution in [0.25, 0.3) is 0 Å². The highest BCUT2D eigenvalue weighted by molar-refractivity contribution is 6.31. The molecule has 0 saturated carbocycles. The summed E-state index contributed by atoms with van der Waals surface area (Å²) < 4.78 is 37.3. The number of piperidine rings is 2. The number of anilines is 2. The number of nitrogens with two attached hydrogens (primary N) is 2. The van der Waals surface area contributed by atoms with Crippen molar-refractivity contribution >= 4 is 58.5 Å². The van der Waals surface area contributed by atoms with Gasteiger partial charge in [-0.15, -0.1) is 0 Å². The van der Waals surface area contributed by atoms with E-state index in [0.717, 1.165) is 30.4 Å². The van der Waals surface area contributed by atoms with Crippen LogP contribution in [0, 0.1) is 34.3 Å². The number of likely N-dealkylation sites (tertiary alicyclic amines) is 2. The quantitative estimate of drug-likeness (QED) is 0.113. The number of hydrogen-bond donors (Lipinski definition) is 4. The lowest BCUT2D eigenvalue weighted by atomic mass is 9.75. The van der Waals surface area contributed by atoms with Gasteiger partial charge in [0.05, 0.1) is 22.9 Å². The summed E-state index contributed by atoms with van der Waals surface area (Å²) in [6, 6.07) is 22.9. The normalized spacial score (nSPS) is 14.8. The van der Waals surface area contributed by atoms with Gasteiger partial charge in [0.15, 0.2) is 13.2 Å². The number of nitriles is 1. The number of amides is 6. The first-order valence-electron chi connectivity index (χ1n) is 19.1. The number of hydrogen-bond acceptors (Lipinski definition) is 7. The zero-order valence-corrected chi connectivity index (χ0v) is 34.1. The summed E-state index contributed by atoms with van der Waals surface area (Å²) >= 11 is 11.8. The number of carbonyl (C=O) groups excluding carboxylic acids is 4. The van der Waals surface area contributed by atoms with Gasteiger partial charge < -0.3 is 41.4 Å². The average Bonchev–Trinajstić information content (AvgIpc) is 3.22. The Labute approximate surface area is 356 Å². The molecule has 2 aliphatic rings. The Bertz CT molecular complexity index is 2170. The minimum atomic E-state index is -0.775. The van der Waals surface area contributed by atoms with Gasteiger partial charge in [0.2, 0.25) is 0 Å². The summed E-state index contributed by atoms with van der Waals surface area (Å²) in [5, 5.41) is 15.4. The molecule has 2 saturated heterocycles. The van der Waals surface area contributed by atoms with Gasteiger partial charge in [-0.1, -0.05) is 47.5 Å². The summed E-state index contributed by atoms with van der Waals surface area (Å²) in [6.45, 7) is 1.78. The van der Waals surface area contributed by atoms with Gasteiger partial charge in [-0.3, -0.25) is 9.59 Å². The summed E-state index contributed by atoms with van der Waals surface area (Å²) in [4.78, 5) is 50.8. The zero-order chi connectivity index (χ0) is 43.2. The Kier molecular flexibility index (Phi) is 15.9. The van der Waals surface area contributed by atoms with Crippen LogP contribution in [0.3, 0.4) is 0 Å². The maximum absolute atomic E-state index is 13.1. The van der Waals surface area contributed by atoms with Crippen LogP contribution in [0.1, 0.15) is 36.8 Å². The highest BCUT2D eigenvalue weighted by Gasteiger charge is 2.36. The lowest BCUT2D eigenvalue weighted by molar-refractivity contribution is -0.135. The predicted octanol–water partition coefficient (Wildman–Crippen LogP) is 7.55. The Balaban J connectivity index is 0.000000228. The minimum Gasteiger partial charge on any atom is -0.482 e. The minimum absolute atomic E-state index is 0.120. The molecule has 6 N–H and O–H groups in total. The lowest BCUT2D eigenvalue weighted by Crippen LogP contribution is -2.45. The summed E-state index contributed by atoms with van der Waals surface area (Å²) in [6.07, 6.45) is 4.20. The Morgan fingerprint density at radius 1 is 0.700 bits per heavy atom. The van der Waals surface area contributed by atoms with Gasteiger partial charge >= 0.3 is 12.1 Å². The molecule has 13 nitrogen and oxygen atoms in total. The maximum atomic E-state index is 13.1. The van der Waals surface area contributed by atoms with Crippen LogP contribution in [-0.2, 0) is 22.4 Å². The number of nitrogens with zero attached hydrogens (tertiary/aromatic N) is 3. The number of halogens is 4. The van der Waals surface area contributed by atoms with E-state index in [0.29, 0.717) is 72.8 Å². The van der Waals surface area contributed by atoms with Crippen LogP contribution in [0.15, 0.2) is 84.9 Å². The van der Waals surface area contributed by atoms with Crippen LogP contribution in [-0.4, -0.2) is 73.1 Å². The molecule has 2 aliphatic heterocycles. The Hall–Kier alpha value is -6.11. The van der Waals surface area contributed by atoms with E-state index in [1.165, 1.54) is 36.4 Å². The molecule has 0 radical (unpaired) electrons. The van der Waals surface area contributed by atoms with Crippen LogP contribution in [0.2, 0.25) is 10.0 Å². The van der Waals surface area contributed by atoms with E-state index >= 15 is 0 Å². The molecule has 4 aromatic carbocycles. The smallest absolute Gasteiger partial charge is 0.316 e. The number of ether oxygens (including phenoxy) is 2.